The average Bonchev–Trinajstić information content (AvgIpc) is 3.12. The van der Waals surface area contributed by atoms with Crippen molar-refractivity contribution < 1.29 is 28.3 Å². The van der Waals surface area contributed by atoms with E-state index in [9.17, 15) is 14.4 Å². The first-order valence-corrected chi connectivity index (χ1v) is 8.92. The number of aryl methyl sites for hydroxylation is 2. The highest BCUT2D eigenvalue weighted by Gasteiger charge is 2.17. The predicted molar refractivity (Wildman–Crippen MR) is 107 cm³/mol. The van der Waals surface area contributed by atoms with Crippen LogP contribution in [0.5, 0.6) is 0 Å². The van der Waals surface area contributed by atoms with Crippen molar-refractivity contribution in [3.05, 3.63) is 64.4 Å². The van der Waals surface area contributed by atoms with E-state index in [0.717, 1.165) is 27.7 Å². The zero-order chi connectivity index (χ0) is 21.1. The second-order valence-electron chi connectivity index (χ2n) is 6.65. The molecule has 1 amide bonds. The number of nitrogens with one attached hydrogen (secondary N) is 1. The minimum atomic E-state index is -0.627. The fraction of sp³-hybridized carbons (Fsp3) is 0.227. The summed E-state index contributed by atoms with van der Waals surface area (Å²) in [6.07, 6.45) is 1.65. The quantitative estimate of drug-likeness (QED) is 0.660. The molecule has 3 rings (SSSR count). The van der Waals surface area contributed by atoms with Crippen LogP contribution in [0.2, 0.25) is 0 Å². The maximum atomic E-state index is 12.6. The van der Waals surface area contributed by atoms with Crippen molar-refractivity contribution in [2.75, 3.05) is 19.5 Å². The van der Waals surface area contributed by atoms with Gasteiger partial charge in [0.2, 0.25) is 5.91 Å². The standard InChI is InChI=1S/C22H21NO6/c1-12-5-6-18-16(11-29-20(18)13(12)2)10-19(24)23-17-8-14(21(25)27-3)7-15(9-17)22(26)28-4/h5-9,11H,10H2,1-4H3,(H,23,24). The fourth-order valence-corrected chi connectivity index (χ4v) is 3.07. The van der Waals surface area contributed by atoms with Gasteiger partial charge in [0.05, 0.1) is 38.0 Å². The van der Waals surface area contributed by atoms with Gasteiger partial charge >= 0.3 is 11.9 Å². The van der Waals surface area contributed by atoms with Crippen LogP contribution in [0.3, 0.4) is 0 Å². The predicted octanol–water partition coefficient (Wildman–Crippen LogP) is 3.80. The molecule has 0 saturated carbocycles. The summed E-state index contributed by atoms with van der Waals surface area (Å²) in [7, 11) is 2.47. The minimum absolute atomic E-state index is 0.0749. The molecule has 0 aliphatic rings. The number of carbonyl (C=O) groups is 3. The number of anilines is 1. The Bertz CT molecular complexity index is 1080. The first-order chi connectivity index (χ1) is 13.8. The van der Waals surface area contributed by atoms with Gasteiger partial charge in [-0.1, -0.05) is 12.1 Å². The van der Waals surface area contributed by atoms with E-state index in [1.165, 1.54) is 32.4 Å². The van der Waals surface area contributed by atoms with Crippen LogP contribution in [0.4, 0.5) is 5.69 Å². The van der Waals surface area contributed by atoms with Crippen molar-refractivity contribution in [1.29, 1.82) is 0 Å². The lowest BCUT2D eigenvalue weighted by molar-refractivity contribution is -0.115. The summed E-state index contributed by atoms with van der Waals surface area (Å²) in [6, 6.07) is 8.14. The number of benzene rings is 2. The Morgan fingerprint density at radius 1 is 0.966 bits per heavy atom. The van der Waals surface area contributed by atoms with E-state index in [2.05, 4.69) is 5.32 Å². The Labute approximate surface area is 167 Å². The number of hydrogen-bond donors (Lipinski definition) is 1. The maximum Gasteiger partial charge on any atom is 0.337 e. The largest absolute Gasteiger partial charge is 0.465 e. The molecule has 0 aliphatic heterocycles. The van der Waals surface area contributed by atoms with Crippen LogP contribution in [0.15, 0.2) is 41.0 Å². The summed E-state index contributed by atoms with van der Waals surface area (Å²) in [6.45, 7) is 3.97. The minimum Gasteiger partial charge on any atom is -0.465 e. The Morgan fingerprint density at radius 3 is 2.17 bits per heavy atom. The molecule has 0 fully saturated rings. The molecule has 0 atom stereocenters. The number of hydrogen-bond acceptors (Lipinski definition) is 6. The summed E-state index contributed by atoms with van der Waals surface area (Å²) in [5.41, 5.74) is 4.20. The van der Waals surface area contributed by atoms with Crippen LogP contribution >= 0.6 is 0 Å². The van der Waals surface area contributed by atoms with Gasteiger partial charge in [-0.3, -0.25) is 4.79 Å². The first kappa shape index (κ1) is 20.1. The van der Waals surface area contributed by atoms with Crippen LogP contribution < -0.4 is 5.32 Å². The van der Waals surface area contributed by atoms with E-state index in [-0.39, 0.29) is 29.1 Å². The number of carbonyl (C=O) groups excluding carboxylic acids is 3. The molecule has 1 N–H and O–H groups in total. The van der Waals surface area contributed by atoms with E-state index in [1.54, 1.807) is 6.26 Å². The molecule has 3 aromatic rings. The maximum absolute atomic E-state index is 12.6. The van der Waals surface area contributed by atoms with Crippen molar-refractivity contribution in [3.8, 4) is 0 Å². The van der Waals surface area contributed by atoms with Crippen LogP contribution in [-0.2, 0) is 20.7 Å². The van der Waals surface area contributed by atoms with Crippen LogP contribution in [0.1, 0.15) is 37.4 Å². The third-order valence-electron chi connectivity index (χ3n) is 4.75. The van der Waals surface area contributed by atoms with Crippen LogP contribution in [0.25, 0.3) is 11.0 Å². The number of methoxy groups -OCH3 is 2. The van der Waals surface area contributed by atoms with E-state index < -0.39 is 11.9 Å². The second kappa shape index (κ2) is 8.18. The van der Waals surface area contributed by atoms with Crippen molar-refractivity contribution in [1.82, 2.24) is 0 Å². The second-order valence-corrected chi connectivity index (χ2v) is 6.65. The molecule has 0 bridgehead atoms. The summed E-state index contributed by atoms with van der Waals surface area (Å²) < 4.78 is 15.0. The SMILES string of the molecule is COC(=O)c1cc(NC(=O)Cc2coc3c(C)c(C)ccc23)cc(C(=O)OC)c1. The molecule has 2 aromatic carbocycles. The molecular weight excluding hydrogens is 374 g/mol. The van der Waals surface area contributed by atoms with Gasteiger partial charge in [0, 0.05) is 16.6 Å². The van der Waals surface area contributed by atoms with Gasteiger partial charge in [-0.25, -0.2) is 9.59 Å². The lowest BCUT2D eigenvalue weighted by atomic mass is 10.0. The lowest BCUT2D eigenvalue weighted by Crippen LogP contribution is -2.16. The number of rotatable bonds is 5. The Balaban J connectivity index is 1.86. The van der Waals surface area contributed by atoms with Crippen molar-refractivity contribution in [3.63, 3.8) is 0 Å². The van der Waals surface area contributed by atoms with Crippen LogP contribution in [0, 0.1) is 13.8 Å². The molecule has 0 saturated heterocycles. The first-order valence-electron chi connectivity index (χ1n) is 8.92. The van der Waals surface area contributed by atoms with Crippen molar-refractivity contribution in [2.24, 2.45) is 0 Å². The molecule has 29 heavy (non-hydrogen) atoms. The van der Waals surface area contributed by atoms with E-state index in [4.69, 9.17) is 13.9 Å². The number of fused-ring (bicyclic) bond motifs is 1. The Kier molecular flexibility index (Phi) is 5.68. The number of amides is 1. The topological polar surface area (TPSA) is 94.8 Å². The van der Waals surface area contributed by atoms with E-state index in [1.807, 2.05) is 26.0 Å². The molecule has 1 heterocycles. The molecule has 7 nitrogen and oxygen atoms in total. The Hall–Kier alpha value is -3.61. The molecule has 150 valence electrons. The van der Waals surface area contributed by atoms with Crippen molar-refractivity contribution >= 4 is 34.5 Å². The summed E-state index contributed by atoms with van der Waals surface area (Å²) in [5, 5.41) is 3.59. The fourth-order valence-electron chi connectivity index (χ4n) is 3.07. The zero-order valence-corrected chi connectivity index (χ0v) is 16.6. The van der Waals surface area contributed by atoms with E-state index >= 15 is 0 Å². The van der Waals surface area contributed by atoms with Gasteiger partial charge in [-0.2, -0.15) is 0 Å². The van der Waals surface area contributed by atoms with Gasteiger partial charge in [0.15, 0.2) is 0 Å². The molecule has 7 heteroatoms. The highest BCUT2D eigenvalue weighted by molar-refractivity contribution is 6.00. The third kappa shape index (κ3) is 4.13. The molecular formula is C22H21NO6. The molecule has 0 radical (unpaired) electrons. The van der Waals surface area contributed by atoms with Gasteiger partial charge < -0.3 is 19.2 Å². The average molecular weight is 395 g/mol. The third-order valence-corrected chi connectivity index (χ3v) is 4.75. The number of ether oxygens (including phenoxy) is 2. The summed E-state index contributed by atoms with van der Waals surface area (Å²) in [4.78, 5) is 36.3. The molecule has 0 unspecified atom stereocenters. The normalized spacial score (nSPS) is 10.6. The molecule has 1 aromatic heterocycles. The Morgan fingerprint density at radius 2 is 1.59 bits per heavy atom. The van der Waals surface area contributed by atoms with E-state index in [0.29, 0.717) is 0 Å². The van der Waals surface area contributed by atoms with Crippen LogP contribution in [-0.4, -0.2) is 32.1 Å². The monoisotopic (exact) mass is 395 g/mol. The van der Waals surface area contributed by atoms with Crippen molar-refractivity contribution in [2.45, 2.75) is 20.3 Å². The summed E-state index contributed by atoms with van der Waals surface area (Å²) >= 11 is 0. The van der Waals surface area contributed by atoms with Gasteiger partial charge in [-0.05, 0) is 43.2 Å². The molecule has 0 spiro atoms. The van der Waals surface area contributed by atoms with Gasteiger partial charge in [0.1, 0.15) is 5.58 Å². The number of furan rings is 1. The molecule has 0 aliphatic carbocycles. The smallest absolute Gasteiger partial charge is 0.337 e. The summed E-state index contributed by atoms with van der Waals surface area (Å²) in [5.74, 6) is -1.57. The number of esters is 2. The highest BCUT2D eigenvalue weighted by atomic mass is 16.5. The lowest BCUT2D eigenvalue weighted by Gasteiger charge is -2.09. The van der Waals surface area contributed by atoms with Gasteiger partial charge in [0.25, 0.3) is 0 Å². The highest BCUT2D eigenvalue weighted by Crippen LogP contribution is 2.27. The van der Waals surface area contributed by atoms with Gasteiger partial charge in [-0.15, -0.1) is 0 Å². The zero-order valence-electron chi connectivity index (χ0n) is 16.6.